The number of amides is 1. The van der Waals surface area contributed by atoms with Crippen LogP contribution in [0.2, 0.25) is 0 Å². The summed E-state index contributed by atoms with van der Waals surface area (Å²) < 4.78 is 4.97. The van der Waals surface area contributed by atoms with Gasteiger partial charge in [0.05, 0.1) is 12.8 Å². The van der Waals surface area contributed by atoms with Crippen molar-refractivity contribution in [2.24, 2.45) is 5.10 Å². The van der Waals surface area contributed by atoms with E-state index in [2.05, 4.69) is 5.10 Å². The van der Waals surface area contributed by atoms with Crippen molar-refractivity contribution in [1.82, 2.24) is 0 Å². The Morgan fingerprint density at radius 2 is 2.06 bits per heavy atom. The first-order valence-corrected chi connectivity index (χ1v) is 5.13. The molecule has 0 radical (unpaired) electrons. The first-order chi connectivity index (χ1) is 7.61. The zero-order valence-electron chi connectivity index (χ0n) is 9.65. The highest BCUT2D eigenvalue weighted by molar-refractivity contribution is 6.10. The fourth-order valence-corrected chi connectivity index (χ4v) is 1.58. The molecule has 0 saturated heterocycles. The van der Waals surface area contributed by atoms with Gasteiger partial charge in [-0.2, -0.15) is 5.01 Å². The molecule has 0 spiro atoms. The number of carbonyl (C=O) groups is 1. The van der Waals surface area contributed by atoms with Gasteiger partial charge in [0, 0.05) is 0 Å². The summed E-state index contributed by atoms with van der Waals surface area (Å²) in [7, 11) is 1.52. The molecule has 1 amide bonds. The summed E-state index contributed by atoms with van der Waals surface area (Å²) in [6, 6.07) is 5.83. The normalized spacial score (nSPS) is 15.3. The van der Waals surface area contributed by atoms with Gasteiger partial charge in [-0.15, -0.1) is 5.10 Å². The molecule has 4 nitrogen and oxygen atoms in total. The minimum Gasteiger partial charge on any atom is -0.483 e. The lowest BCUT2D eigenvalue weighted by Gasteiger charge is -2.12. The van der Waals surface area contributed by atoms with Crippen LogP contribution in [0.25, 0.3) is 0 Å². The molecule has 1 aromatic rings. The Balaban J connectivity index is 2.34. The third kappa shape index (κ3) is 1.78. The Kier molecular flexibility index (Phi) is 2.64. The van der Waals surface area contributed by atoms with Crippen LogP contribution in [0.1, 0.15) is 17.5 Å². The van der Waals surface area contributed by atoms with Crippen LogP contribution in [0.3, 0.4) is 0 Å². The molecule has 0 unspecified atom stereocenters. The molecule has 1 aliphatic rings. The Hall–Kier alpha value is -1.84. The van der Waals surface area contributed by atoms with Crippen molar-refractivity contribution >= 4 is 17.5 Å². The number of hydrazone groups is 1. The minimum atomic E-state index is -0.0555. The van der Waals surface area contributed by atoms with Gasteiger partial charge < -0.3 is 4.74 Å². The zero-order valence-corrected chi connectivity index (χ0v) is 9.65. The van der Waals surface area contributed by atoms with Crippen LogP contribution in [0, 0.1) is 13.8 Å². The quantitative estimate of drug-likeness (QED) is 0.723. The fraction of sp³-hybridized carbons (Fsp3) is 0.333. The molecule has 0 aromatic heterocycles. The van der Waals surface area contributed by atoms with Gasteiger partial charge in [-0.25, -0.2) is 0 Å². The van der Waals surface area contributed by atoms with Crippen molar-refractivity contribution in [3.8, 4) is 0 Å². The third-order valence-corrected chi connectivity index (χ3v) is 2.72. The number of anilines is 1. The number of benzene rings is 1. The molecule has 1 heterocycles. The highest BCUT2D eigenvalue weighted by Gasteiger charge is 2.25. The number of ether oxygens (including phenoxy) is 1. The fourth-order valence-electron chi connectivity index (χ4n) is 1.58. The smallest absolute Gasteiger partial charge is 0.256 e. The van der Waals surface area contributed by atoms with Gasteiger partial charge in [0.25, 0.3) is 5.91 Å². The molecular formula is C12H14N2O2. The molecule has 0 fully saturated rings. The van der Waals surface area contributed by atoms with E-state index >= 15 is 0 Å². The first-order valence-electron chi connectivity index (χ1n) is 5.13. The van der Waals surface area contributed by atoms with Gasteiger partial charge in [-0.05, 0) is 37.1 Å². The van der Waals surface area contributed by atoms with Gasteiger partial charge in [-0.3, -0.25) is 4.79 Å². The molecule has 1 aliphatic heterocycles. The Bertz CT molecular complexity index is 466. The second kappa shape index (κ2) is 3.96. The summed E-state index contributed by atoms with van der Waals surface area (Å²) >= 11 is 0. The highest BCUT2D eigenvalue weighted by Crippen LogP contribution is 2.23. The molecule has 0 aliphatic carbocycles. The number of carbonyl (C=O) groups excluding carboxylic acids is 1. The average molecular weight is 218 g/mol. The highest BCUT2D eigenvalue weighted by atomic mass is 16.5. The zero-order chi connectivity index (χ0) is 11.7. The van der Waals surface area contributed by atoms with Crippen LogP contribution in [0.15, 0.2) is 23.3 Å². The second-order valence-electron chi connectivity index (χ2n) is 3.85. The predicted octanol–water partition coefficient (Wildman–Crippen LogP) is 2.00. The SMILES string of the molecule is COC1=NN(c2ccc(C)c(C)c2)C(=O)C1. The number of nitrogens with zero attached hydrogens (tertiary/aromatic N) is 2. The number of aryl methyl sites for hydroxylation is 2. The molecule has 0 bridgehead atoms. The van der Waals surface area contributed by atoms with E-state index in [-0.39, 0.29) is 12.3 Å². The minimum absolute atomic E-state index is 0.0555. The molecule has 1 aromatic carbocycles. The van der Waals surface area contributed by atoms with E-state index in [1.807, 2.05) is 32.0 Å². The van der Waals surface area contributed by atoms with Crippen LogP contribution in [-0.4, -0.2) is 18.9 Å². The monoisotopic (exact) mass is 218 g/mol. The summed E-state index contributed by atoms with van der Waals surface area (Å²) in [4.78, 5) is 11.7. The largest absolute Gasteiger partial charge is 0.483 e. The van der Waals surface area contributed by atoms with Crippen molar-refractivity contribution in [3.63, 3.8) is 0 Å². The van der Waals surface area contributed by atoms with Gasteiger partial charge >= 0.3 is 0 Å². The summed E-state index contributed by atoms with van der Waals surface area (Å²) in [6.45, 7) is 4.05. The lowest BCUT2D eigenvalue weighted by molar-refractivity contribution is -0.117. The number of hydrogen-bond donors (Lipinski definition) is 0. The maximum atomic E-state index is 11.7. The predicted molar refractivity (Wildman–Crippen MR) is 62.5 cm³/mol. The first kappa shape index (κ1) is 10.7. The van der Waals surface area contributed by atoms with Crippen LogP contribution < -0.4 is 5.01 Å². The van der Waals surface area contributed by atoms with Crippen LogP contribution >= 0.6 is 0 Å². The van der Waals surface area contributed by atoms with Crippen molar-refractivity contribution in [1.29, 1.82) is 0 Å². The molecule has 0 saturated carbocycles. The van der Waals surface area contributed by atoms with Gasteiger partial charge in [-0.1, -0.05) is 6.07 Å². The Labute approximate surface area is 94.5 Å². The summed E-state index contributed by atoms with van der Waals surface area (Å²) in [5.41, 5.74) is 3.14. The van der Waals surface area contributed by atoms with E-state index in [1.54, 1.807) is 0 Å². The molecule has 0 atom stereocenters. The lowest BCUT2D eigenvalue weighted by Crippen LogP contribution is -2.19. The van der Waals surface area contributed by atoms with Crippen molar-refractivity contribution in [2.45, 2.75) is 20.3 Å². The maximum absolute atomic E-state index is 11.7. The Morgan fingerprint density at radius 1 is 1.31 bits per heavy atom. The Morgan fingerprint density at radius 3 is 2.62 bits per heavy atom. The van der Waals surface area contributed by atoms with Gasteiger partial charge in [0.15, 0.2) is 0 Å². The van der Waals surface area contributed by atoms with Gasteiger partial charge in [0.1, 0.15) is 6.42 Å². The second-order valence-corrected chi connectivity index (χ2v) is 3.85. The standard InChI is InChI=1S/C12H14N2O2/c1-8-4-5-10(6-9(8)2)14-12(15)7-11(13-14)16-3/h4-6H,7H2,1-3H3. The molecule has 0 N–H and O–H groups in total. The average Bonchev–Trinajstić information content (AvgIpc) is 2.64. The van der Waals surface area contributed by atoms with E-state index < -0.39 is 0 Å². The van der Waals surface area contributed by atoms with E-state index in [4.69, 9.17) is 4.74 Å². The number of hydrogen-bond acceptors (Lipinski definition) is 3. The molecule has 4 heteroatoms. The van der Waals surface area contributed by atoms with Crippen molar-refractivity contribution in [3.05, 3.63) is 29.3 Å². The van der Waals surface area contributed by atoms with Crippen LogP contribution in [0.4, 0.5) is 5.69 Å². The number of rotatable bonds is 1. The van der Waals surface area contributed by atoms with E-state index in [9.17, 15) is 4.79 Å². The third-order valence-electron chi connectivity index (χ3n) is 2.72. The lowest BCUT2D eigenvalue weighted by atomic mass is 10.1. The topological polar surface area (TPSA) is 41.9 Å². The molecule has 84 valence electrons. The van der Waals surface area contributed by atoms with Crippen molar-refractivity contribution < 1.29 is 9.53 Å². The van der Waals surface area contributed by atoms with E-state index in [0.717, 1.165) is 11.3 Å². The number of methoxy groups -OCH3 is 1. The molecule has 16 heavy (non-hydrogen) atoms. The van der Waals surface area contributed by atoms with Gasteiger partial charge in [0.2, 0.25) is 5.90 Å². The summed E-state index contributed by atoms with van der Waals surface area (Å²) in [5, 5.41) is 5.50. The van der Waals surface area contributed by atoms with E-state index in [0.29, 0.717) is 5.90 Å². The molecular weight excluding hydrogens is 204 g/mol. The van der Waals surface area contributed by atoms with Crippen molar-refractivity contribution in [2.75, 3.05) is 12.1 Å². The molecule has 2 rings (SSSR count). The maximum Gasteiger partial charge on any atom is 0.256 e. The van der Waals surface area contributed by atoms with Crippen LogP contribution in [-0.2, 0) is 9.53 Å². The summed E-state index contributed by atoms with van der Waals surface area (Å²) in [6.07, 6.45) is 0.240. The van der Waals surface area contributed by atoms with E-state index in [1.165, 1.54) is 17.7 Å². The van der Waals surface area contributed by atoms with Crippen LogP contribution in [0.5, 0.6) is 0 Å². The summed E-state index contributed by atoms with van der Waals surface area (Å²) in [5.74, 6) is 0.406.